The molecule has 23 heavy (non-hydrogen) atoms. The van der Waals surface area contributed by atoms with Gasteiger partial charge in [0.25, 0.3) is 5.91 Å². The minimum Gasteiger partial charge on any atom is -0.495 e. The number of carbonyl (C=O) groups is 1. The van der Waals surface area contributed by atoms with Crippen molar-refractivity contribution in [3.05, 3.63) is 76.0 Å². The van der Waals surface area contributed by atoms with Gasteiger partial charge in [-0.3, -0.25) is 9.36 Å². The van der Waals surface area contributed by atoms with Crippen LogP contribution in [0.15, 0.2) is 65.0 Å². The van der Waals surface area contributed by atoms with E-state index >= 15 is 0 Å². The van der Waals surface area contributed by atoms with Gasteiger partial charge in [0.05, 0.1) is 12.8 Å². The van der Waals surface area contributed by atoms with Crippen LogP contribution in [0.2, 0.25) is 0 Å². The number of carbonyl (C=O) groups excluding carboxylic acids is 1. The number of rotatable bonds is 3. The highest BCUT2D eigenvalue weighted by atomic mass is 32.1. The van der Waals surface area contributed by atoms with Crippen molar-refractivity contribution in [1.82, 2.24) is 4.57 Å². The van der Waals surface area contributed by atoms with Crippen LogP contribution in [-0.4, -0.2) is 17.6 Å². The Kier molecular flexibility index (Phi) is 4.39. The van der Waals surface area contributed by atoms with Crippen molar-refractivity contribution in [2.75, 3.05) is 7.11 Å². The molecule has 2 aromatic carbocycles. The second kappa shape index (κ2) is 6.62. The van der Waals surface area contributed by atoms with Crippen LogP contribution in [0, 0.1) is 6.92 Å². The van der Waals surface area contributed by atoms with E-state index in [1.807, 2.05) is 59.3 Å². The number of para-hydroxylation sites is 2. The van der Waals surface area contributed by atoms with Gasteiger partial charge in [-0.15, -0.1) is 11.3 Å². The van der Waals surface area contributed by atoms with E-state index in [-0.39, 0.29) is 5.91 Å². The number of aryl methyl sites for hydroxylation is 1. The molecular weight excluding hydrogens is 308 g/mol. The number of nitrogens with zero attached hydrogens (tertiary/aromatic N) is 2. The van der Waals surface area contributed by atoms with E-state index in [0.717, 1.165) is 17.1 Å². The topological polar surface area (TPSA) is 43.6 Å². The summed E-state index contributed by atoms with van der Waals surface area (Å²) >= 11 is 1.43. The molecule has 3 aromatic rings. The summed E-state index contributed by atoms with van der Waals surface area (Å²) in [6, 6.07) is 16.8. The van der Waals surface area contributed by atoms with Gasteiger partial charge in [0, 0.05) is 16.6 Å². The maximum absolute atomic E-state index is 12.4. The van der Waals surface area contributed by atoms with Crippen LogP contribution in [-0.2, 0) is 0 Å². The summed E-state index contributed by atoms with van der Waals surface area (Å²) in [6.07, 6.45) is 0. The van der Waals surface area contributed by atoms with Crippen LogP contribution in [0.3, 0.4) is 0 Å². The van der Waals surface area contributed by atoms with Crippen molar-refractivity contribution in [3.63, 3.8) is 0 Å². The molecule has 3 rings (SSSR count). The summed E-state index contributed by atoms with van der Waals surface area (Å²) in [4.78, 5) is 17.3. The quantitative estimate of drug-likeness (QED) is 0.739. The summed E-state index contributed by atoms with van der Waals surface area (Å²) < 4.78 is 7.36. The van der Waals surface area contributed by atoms with Crippen molar-refractivity contribution >= 4 is 17.2 Å². The van der Waals surface area contributed by atoms with Crippen LogP contribution in [0.4, 0.5) is 0 Å². The molecular formula is C18H16N2O2S. The molecule has 0 N–H and O–H groups in total. The van der Waals surface area contributed by atoms with E-state index in [9.17, 15) is 4.79 Å². The molecule has 0 aliphatic carbocycles. The van der Waals surface area contributed by atoms with Crippen molar-refractivity contribution in [2.24, 2.45) is 4.99 Å². The van der Waals surface area contributed by atoms with Gasteiger partial charge in [-0.1, -0.05) is 30.3 Å². The average molecular weight is 324 g/mol. The molecule has 1 amide bonds. The fourth-order valence-corrected chi connectivity index (χ4v) is 3.18. The monoisotopic (exact) mass is 324 g/mol. The highest BCUT2D eigenvalue weighted by Gasteiger charge is 2.11. The third kappa shape index (κ3) is 3.10. The van der Waals surface area contributed by atoms with Crippen LogP contribution in [0.5, 0.6) is 5.75 Å². The highest BCUT2D eigenvalue weighted by Crippen LogP contribution is 2.22. The number of hydrogen-bond donors (Lipinski definition) is 0. The first-order valence-electron chi connectivity index (χ1n) is 7.15. The summed E-state index contributed by atoms with van der Waals surface area (Å²) in [5, 5.41) is 1.98. The number of hydrogen-bond acceptors (Lipinski definition) is 3. The third-order valence-corrected chi connectivity index (χ3v) is 4.37. The Labute approximate surface area is 138 Å². The Morgan fingerprint density at radius 3 is 2.52 bits per heavy atom. The Hall–Kier alpha value is -2.66. The Morgan fingerprint density at radius 2 is 1.78 bits per heavy atom. The van der Waals surface area contributed by atoms with Gasteiger partial charge in [0.1, 0.15) is 5.75 Å². The average Bonchev–Trinajstić information content (AvgIpc) is 2.95. The number of methoxy groups -OCH3 is 1. The molecule has 0 saturated carbocycles. The summed E-state index contributed by atoms with van der Waals surface area (Å²) in [5.74, 6) is 0.485. The lowest BCUT2D eigenvalue weighted by Gasteiger charge is -2.10. The Morgan fingerprint density at radius 1 is 1.09 bits per heavy atom. The van der Waals surface area contributed by atoms with Crippen molar-refractivity contribution < 1.29 is 9.53 Å². The molecule has 1 heterocycles. The third-order valence-electron chi connectivity index (χ3n) is 3.42. The molecule has 0 spiro atoms. The zero-order valence-corrected chi connectivity index (χ0v) is 13.7. The smallest absolute Gasteiger partial charge is 0.279 e. The van der Waals surface area contributed by atoms with Crippen LogP contribution in [0.25, 0.3) is 5.69 Å². The molecule has 1 aromatic heterocycles. The van der Waals surface area contributed by atoms with E-state index < -0.39 is 0 Å². The van der Waals surface area contributed by atoms with Crippen LogP contribution >= 0.6 is 11.3 Å². The number of benzene rings is 2. The molecule has 5 heteroatoms. The lowest BCUT2D eigenvalue weighted by molar-refractivity contribution is 0.0998. The zero-order chi connectivity index (χ0) is 16.2. The SMILES string of the molecule is COc1ccccc1-n1c(C)csc1=NC(=O)c1ccccc1. The molecule has 0 radical (unpaired) electrons. The zero-order valence-electron chi connectivity index (χ0n) is 12.9. The van der Waals surface area contributed by atoms with Crippen LogP contribution in [0.1, 0.15) is 16.1 Å². The number of thiazole rings is 1. The largest absolute Gasteiger partial charge is 0.495 e. The minimum atomic E-state index is -0.254. The molecule has 116 valence electrons. The van der Waals surface area contributed by atoms with Crippen molar-refractivity contribution in [2.45, 2.75) is 6.92 Å². The second-order valence-corrected chi connectivity index (χ2v) is 5.79. The lowest BCUT2D eigenvalue weighted by Crippen LogP contribution is -2.17. The summed E-state index contributed by atoms with van der Waals surface area (Å²) in [5.41, 5.74) is 2.44. The van der Waals surface area contributed by atoms with Crippen molar-refractivity contribution in [1.29, 1.82) is 0 Å². The van der Waals surface area contributed by atoms with E-state index in [0.29, 0.717) is 10.4 Å². The molecule has 0 aliphatic rings. The first kappa shape index (κ1) is 15.2. The van der Waals surface area contributed by atoms with E-state index in [1.54, 1.807) is 19.2 Å². The van der Waals surface area contributed by atoms with E-state index in [2.05, 4.69) is 4.99 Å². The molecule has 0 bridgehead atoms. The Balaban J connectivity index is 2.13. The first-order valence-corrected chi connectivity index (χ1v) is 8.03. The van der Waals surface area contributed by atoms with Gasteiger partial charge in [0.15, 0.2) is 4.80 Å². The number of amides is 1. The van der Waals surface area contributed by atoms with Gasteiger partial charge in [-0.2, -0.15) is 4.99 Å². The van der Waals surface area contributed by atoms with Crippen LogP contribution < -0.4 is 9.54 Å². The maximum atomic E-state index is 12.4. The van der Waals surface area contributed by atoms with Gasteiger partial charge < -0.3 is 4.74 Å². The molecule has 0 unspecified atom stereocenters. The molecule has 0 saturated heterocycles. The fourth-order valence-electron chi connectivity index (χ4n) is 2.31. The summed E-state index contributed by atoms with van der Waals surface area (Å²) in [7, 11) is 1.63. The second-order valence-electron chi connectivity index (χ2n) is 4.95. The van der Waals surface area contributed by atoms with Gasteiger partial charge >= 0.3 is 0 Å². The van der Waals surface area contributed by atoms with E-state index in [4.69, 9.17) is 4.74 Å². The van der Waals surface area contributed by atoms with Crippen molar-refractivity contribution in [3.8, 4) is 11.4 Å². The highest BCUT2D eigenvalue weighted by molar-refractivity contribution is 7.07. The standard InChI is InChI=1S/C18H16N2O2S/c1-13-12-23-18(19-17(21)14-8-4-3-5-9-14)20(13)15-10-6-7-11-16(15)22-2/h3-12H,1-2H3. The Bertz CT molecular complexity index is 895. The first-order chi connectivity index (χ1) is 11.2. The lowest BCUT2D eigenvalue weighted by atomic mass is 10.2. The molecule has 0 atom stereocenters. The fraction of sp³-hybridized carbons (Fsp3) is 0.111. The molecule has 4 nitrogen and oxygen atoms in total. The number of aromatic nitrogens is 1. The maximum Gasteiger partial charge on any atom is 0.279 e. The van der Waals surface area contributed by atoms with E-state index in [1.165, 1.54) is 11.3 Å². The normalized spacial score (nSPS) is 11.5. The number of ether oxygens (including phenoxy) is 1. The predicted molar refractivity (Wildman–Crippen MR) is 91.3 cm³/mol. The van der Waals surface area contributed by atoms with Gasteiger partial charge in [-0.05, 0) is 31.2 Å². The molecule has 0 fully saturated rings. The molecule has 0 aliphatic heterocycles. The summed E-state index contributed by atoms with van der Waals surface area (Å²) in [6.45, 7) is 1.98. The van der Waals surface area contributed by atoms with Gasteiger partial charge in [-0.25, -0.2) is 0 Å². The predicted octanol–water partition coefficient (Wildman–Crippen LogP) is 3.60. The minimum absolute atomic E-state index is 0.254. The van der Waals surface area contributed by atoms with Gasteiger partial charge in [0.2, 0.25) is 0 Å².